The second-order valence-electron chi connectivity index (χ2n) is 7.60. The van der Waals surface area contributed by atoms with Gasteiger partial charge in [-0.15, -0.1) is 0 Å². The van der Waals surface area contributed by atoms with Crippen molar-refractivity contribution in [2.24, 2.45) is 23.7 Å². The number of benzene rings is 1. The summed E-state index contributed by atoms with van der Waals surface area (Å²) in [4.78, 5) is 50.9. The van der Waals surface area contributed by atoms with Gasteiger partial charge in [-0.2, -0.15) is 0 Å². The van der Waals surface area contributed by atoms with Crippen LogP contribution in [-0.4, -0.2) is 51.4 Å². The Morgan fingerprint density at radius 2 is 1.67 bits per heavy atom. The van der Waals surface area contributed by atoms with E-state index in [1.807, 2.05) is 0 Å². The van der Waals surface area contributed by atoms with Gasteiger partial charge in [-0.05, 0) is 36.5 Å². The number of hydrogen-bond acceptors (Lipinski definition) is 5. The lowest BCUT2D eigenvalue weighted by Gasteiger charge is -2.28. The van der Waals surface area contributed by atoms with E-state index in [0.717, 1.165) is 11.3 Å². The zero-order valence-electron chi connectivity index (χ0n) is 15.3. The molecule has 0 spiro atoms. The minimum Gasteiger partial charge on any atom is -0.454 e. The van der Waals surface area contributed by atoms with Crippen molar-refractivity contribution in [3.63, 3.8) is 0 Å². The minimum absolute atomic E-state index is 0.0684. The lowest BCUT2D eigenvalue weighted by atomic mass is 9.81. The molecule has 1 aromatic rings. The summed E-state index contributed by atoms with van der Waals surface area (Å²) in [6.07, 6.45) is 0.811. The van der Waals surface area contributed by atoms with Gasteiger partial charge in [0, 0.05) is 15.3 Å². The van der Waals surface area contributed by atoms with E-state index < -0.39 is 36.9 Å². The zero-order chi connectivity index (χ0) is 21.7. The molecular formula is C19H16Br2Cl2N2O5. The average Bonchev–Trinajstić information content (AvgIpc) is 3.30. The third-order valence-electron chi connectivity index (χ3n) is 5.93. The SMILES string of the molecule is O=C(COC(=O)CN1C(=O)[C@@H]2[C@H]3C[C@@H]([C@@H](Br)[C@H]3Br)[C@H]2C1=O)Nc1ccc(Cl)c(Cl)c1. The fraction of sp³-hybridized carbons (Fsp3) is 0.474. The zero-order valence-corrected chi connectivity index (χ0v) is 20.0. The standard InChI is InChI=1S/C19H16Br2Cl2N2O5/c20-16-8-4-9(17(16)21)15-14(8)18(28)25(19(15)29)5-13(27)30-6-12(26)24-7-1-2-10(22)11(23)3-7/h1-3,8-9,14-17H,4-6H2,(H,24,26)/t8-,9-,14-,15-,16-,17+/m1/s1. The van der Waals surface area contributed by atoms with Gasteiger partial charge >= 0.3 is 5.97 Å². The van der Waals surface area contributed by atoms with Crippen molar-refractivity contribution >= 4 is 84.4 Å². The fourth-order valence-electron chi connectivity index (χ4n) is 4.66. The van der Waals surface area contributed by atoms with Crippen molar-refractivity contribution in [3.8, 4) is 0 Å². The monoisotopic (exact) mass is 580 g/mol. The van der Waals surface area contributed by atoms with Crippen LogP contribution in [0.2, 0.25) is 10.0 Å². The molecule has 0 unspecified atom stereocenters. The molecule has 11 heteroatoms. The fourth-order valence-corrected chi connectivity index (χ4v) is 6.83. The van der Waals surface area contributed by atoms with Crippen molar-refractivity contribution in [3.05, 3.63) is 28.2 Å². The summed E-state index contributed by atoms with van der Waals surface area (Å²) >= 11 is 18.9. The summed E-state index contributed by atoms with van der Waals surface area (Å²) in [7, 11) is 0. The Kier molecular flexibility index (Phi) is 6.18. The molecule has 6 atom stereocenters. The number of fused-ring (bicyclic) bond motifs is 5. The Bertz CT molecular complexity index is 913. The number of halogens is 4. The van der Waals surface area contributed by atoms with Crippen molar-refractivity contribution in [2.75, 3.05) is 18.5 Å². The van der Waals surface area contributed by atoms with Crippen LogP contribution in [0.4, 0.5) is 5.69 Å². The number of hydrogen-bond donors (Lipinski definition) is 1. The van der Waals surface area contributed by atoms with Gasteiger partial charge in [0.2, 0.25) is 11.8 Å². The molecule has 3 amide bonds. The molecule has 1 N–H and O–H groups in total. The van der Waals surface area contributed by atoms with Crippen LogP contribution >= 0.6 is 55.1 Å². The molecular weight excluding hydrogens is 567 g/mol. The predicted molar refractivity (Wildman–Crippen MR) is 117 cm³/mol. The highest BCUT2D eigenvalue weighted by molar-refractivity contribution is 9.12. The van der Waals surface area contributed by atoms with Crippen LogP contribution in [0, 0.1) is 23.7 Å². The van der Waals surface area contributed by atoms with E-state index in [9.17, 15) is 19.2 Å². The Labute approximate surface area is 199 Å². The molecule has 1 saturated heterocycles. The number of imide groups is 1. The van der Waals surface area contributed by atoms with E-state index in [0.29, 0.717) is 10.7 Å². The van der Waals surface area contributed by atoms with Gasteiger partial charge in [-0.1, -0.05) is 55.1 Å². The molecule has 4 rings (SSSR count). The third-order valence-corrected chi connectivity index (χ3v) is 9.88. The van der Waals surface area contributed by atoms with Gasteiger partial charge in [-0.3, -0.25) is 24.1 Å². The summed E-state index contributed by atoms with van der Waals surface area (Å²) in [5, 5.41) is 3.14. The molecule has 3 aliphatic rings. The number of amides is 3. The lowest BCUT2D eigenvalue weighted by molar-refractivity contribution is -0.154. The van der Waals surface area contributed by atoms with E-state index >= 15 is 0 Å². The van der Waals surface area contributed by atoms with Crippen molar-refractivity contribution in [1.82, 2.24) is 4.90 Å². The van der Waals surface area contributed by atoms with Crippen LogP contribution in [0.25, 0.3) is 0 Å². The van der Waals surface area contributed by atoms with Crippen molar-refractivity contribution < 1.29 is 23.9 Å². The normalized spacial score (nSPS) is 31.8. The minimum atomic E-state index is -0.820. The molecule has 1 aliphatic heterocycles. The number of carbonyl (C=O) groups is 4. The second-order valence-corrected chi connectivity index (χ2v) is 10.5. The molecule has 30 heavy (non-hydrogen) atoms. The molecule has 3 fully saturated rings. The number of rotatable bonds is 5. The maximum atomic E-state index is 12.8. The topological polar surface area (TPSA) is 92.8 Å². The van der Waals surface area contributed by atoms with E-state index in [2.05, 4.69) is 37.2 Å². The molecule has 1 aromatic carbocycles. The first kappa shape index (κ1) is 22.0. The van der Waals surface area contributed by atoms with Gasteiger partial charge < -0.3 is 10.1 Å². The molecule has 0 radical (unpaired) electrons. The first-order chi connectivity index (χ1) is 14.2. The maximum Gasteiger partial charge on any atom is 0.326 e. The molecule has 2 bridgehead atoms. The van der Waals surface area contributed by atoms with Crippen molar-refractivity contribution in [1.29, 1.82) is 0 Å². The molecule has 1 heterocycles. The van der Waals surface area contributed by atoms with Crippen molar-refractivity contribution in [2.45, 2.75) is 16.1 Å². The highest BCUT2D eigenvalue weighted by Gasteiger charge is 2.66. The van der Waals surface area contributed by atoms with Gasteiger partial charge in [0.05, 0.1) is 21.9 Å². The van der Waals surface area contributed by atoms with E-state index in [-0.39, 0.29) is 38.3 Å². The molecule has 7 nitrogen and oxygen atoms in total. The summed E-state index contributed by atoms with van der Waals surface area (Å²) in [5.74, 6) is -2.73. The number of anilines is 1. The Hall–Kier alpha value is -1.16. The highest BCUT2D eigenvalue weighted by atomic mass is 79.9. The van der Waals surface area contributed by atoms with Crippen LogP contribution in [0.1, 0.15) is 6.42 Å². The maximum absolute atomic E-state index is 12.8. The number of nitrogens with zero attached hydrogens (tertiary/aromatic N) is 1. The van der Waals surface area contributed by atoms with E-state index in [1.165, 1.54) is 12.1 Å². The molecule has 2 saturated carbocycles. The Morgan fingerprint density at radius 1 is 1.07 bits per heavy atom. The van der Waals surface area contributed by atoms with Gasteiger partial charge in [-0.25, -0.2) is 0 Å². The average molecular weight is 583 g/mol. The number of ether oxygens (including phenoxy) is 1. The van der Waals surface area contributed by atoms with Crippen LogP contribution in [0.15, 0.2) is 18.2 Å². The largest absolute Gasteiger partial charge is 0.454 e. The number of nitrogens with one attached hydrogen (secondary N) is 1. The smallest absolute Gasteiger partial charge is 0.326 e. The molecule has 0 aromatic heterocycles. The molecule has 2 aliphatic carbocycles. The summed E-state index contributed by atoms with van der Waals surface area (Å²) in [5.41, 5.74) is 0.396. The number of esters is 1. The summed E-state index contributed by atoms with van der Waals surface area (Å²) in [6, 6.07) is 4.54. The van der Waals surface area contributed by atoms with Gasteiger partial charge in [0.1, 0.15) is 6.54 Å². The lowest BCUT2D eigenvalue weighted by Crippen LogP contribution is -2.38. The Morgan fingerprint density at radius 3 is 2.23 bits per heavy atom. The first-order valence-corrected chi connectivity index (χ1v) is 11.8. The second kappa shape index (κ2) is 8.41. The quantitative estimate of drug-likeness (QED) is 0.327. The van der Waals surface area contributed by atoms with E-state index in [4.69, 9.17) is 27.9 Å². The van der Waals surface area contributed by atoms with E-state index in [1.54, 1.807) is 6.07 Å². The highest BCUT2D eigenvalue weighted by Crippen LogP contribution is 2.60. The number of likely N-dealkylation sites (tertiary alicyclic amines) is 1. The first-order valence-electron chi connectivity index (χ1n) is 9.23. The van der Waals surface area contributed by atoms with Crippen LogP contribution in [-0.2, 0) is 23.9 Å². The third kappa shape index (κ3) is 3.78. The van der Waals surface area contributed by atoms with Crippen LogP contribution < -0.4 is 5.32 Å². The summed E-state index contributed by atoms with van der Waals surface area (Å²) < 4.78 is 4.95. The number of alkyl halides is 2. The molecule has 160 valence electrons. The van der Waals surface area contributed by atoms with Gasteiger partial charge in [0.25, 0.3) is 5.91 Å². The van der Waals surface area contributed by atoms with Crippen LogP contribution in [0.3, 0.4) is 0 Å². The number of carbonyl (C=O) groups excluding carboxylic acids is 4. The van der Waals surface area contributed by atoms with Gasteiger partial charge in [0.15, 0.2) is 6.61 Å². The van der Waals surface area contributed by atoms with Crippen LogP contribution in [0.5, 0.6) is 0 Å². The summed E-state index contributed by atoms with van der Waals surface area (Å²) in [6.45, 7) is -1.05. The Balaban J connectivity index is 1.31. The predicted octanol–water partition coefficient (Wildman–Crippen LogP) is 3.25.